The van der Waals surface area contributed by atoms with Gasteiger partial charge in [0.15, 0.2) is 0 Å². The lowest BCUT2D eigenvalue weighted by atomic mass is 10.1. The summed E-state index contributed by atoms with van der Waals surface area (Å²) in [5.41, 5.74) is 5.95. The van der Waals surface area contributed by atoms with E-state index in [1.165, 1.54) is 4.88 Å². The standard InChI is InChI=1S/C13H22ClN3S/c1-10(2)16-5-7-17(8-6-16)11(9-15)12-3-4-13(14)18-12/h3-4,10-11H,5-9,15H2,1-2H3. The van der Waals surface area contributed by atoms with E-state index in [1.54, 1.807) is 11.3 Å². The maximum absolute atomic E-state index is 6.02. The predicted octanol–water partition coefficient (Wildman–Crippen LogP) is 2.43. The zero-order valence-corrected chi connectivity index (χ0v) is 12.7. The summed E-state index contributed by atoms with van der Waals surface area (Å²) in [4.78, 5) is 6.30. The van der Waals surface area contributed by atoms with Gasteiger partial charge >= 0.3 is 0 Å². The lowest BCUT2D eigenvalue weighted by Crippen LogP contribution is -2.50. The van der Waals surface area contributed by atoms with E-state index in [4.69, 9.17) is 17.3 Å². The molecule has 2 rings (SSSR count). The largest absolute Gasteiger partial charge is 0.329 e. The number of hydrogen-bond donors (Lipinski definition) is 1. The number of nitrogens with zero attached hydrogens (tertiary/aromatic N) is 2. The maximum atomic E-state index is 6.02. The monoisotopic (exact) mass is 287 g/mol. The third kappa shape index (κ3) is 3.25. The fraction of sp³-hybridized carbons (Fsp3) is 0.692. The van der Waals surface area contributed by atoms with Gasteiger partial charge in [0.2, 0.25) is 0 Å². The summed E-state index contributed by atoms with van der Waals surface area (Å²) in [6, 6.07) is 5.05. The van der Waals surface area contributed by atoms with Crippen molar-refractivity contribution in [1.82, 2.24) is 9.80 Å². The molecule has 0 spiro atoms. The van der Waals surface area contributed by atoms with Crippen molar-refractivity contribution in [1.29, 1.82) is 0 Å². The Morgan fingerprint density at radius 2 is 1.83 bits per heavy atom. The molecular formula is C13H22ClN3S. The lowest BCUT2D eigenvalue weighted by molar-refractivity contribution is 0.0813. The number of thiophene rings is 1. The molecule has 1 aromatic heterocycles. The molecule has 0 saturated carbocycles. The van der Waals surface area contributed by atoms with Gasteiger partial charge in [-0.2, -0.15) is 0 Å². The second-order valence-corrected chi connectivity index (χ2v) is 6.81. The number of halogens is 1. The molecule has 0 aromatic carbocycles. The number of rotatable bonds is 4. The minimum absolute atomic E-state index is 0.330. The highest BCUT2D eigenvalue weighted by molar-refractivity contribution is 7.16. The highest BCUT2D eigenvalue weighted by Gasteiger charge is 2.25. The molecule has 3 nitrogen and oxygen atoms in total. The van der Waals surface area contributed by atoms with E-state index in [2.05, 4.69) is 29.7 Å². The average molecular weight is 288 g/mol. The van der Waals surface area contributed by atoms with Crippen molar-refractivity contribution < 1.29 is 0 Å². The molecule has 5 heteroatoms. The summed E-state index contributed by atoms with van der Waals surface area (Å²) >= 11 is 7.67. The summed E-state index contributed by atoms with van der Waals surface area (Å²) in [5, 5.41) is 0. The van der Waals surface area contributed by atoms with Crippen LogP contribution < -0.4 is 5.73 Å². The fourth-order valence-corrected chi connectivity index (χ4v) is 3.73. The molecule has 0 aliphatic carbocycles. The van der Waals surface area contributed by atoms with E-state index in [1.807, 2.05) is 6.07 Å². The SMILES string of the molecule is CC(C)N1CCN(C(CN)c2ccc(Cl)s2)CC1. The van der Waals surface area contributed by atoms with Crippen molar-refractivity contribution in [2.75, 3.05) is 32.7 Å². The molecule has 1 aliphatic heterocycles. The van der Waals surface area contributed by atoms with E-state index in [-0.39, 0.29) is 0 Å². The van der Waals surface area contributed by atoms with Crippen LogP contribution in [0.2, 0.25) is 4.34 Å². The molecule has 0 amide bonds. The minimum atomic E-state index is 0.330. The average Bonchev–Trinajstić information content (AvgIpc) is 2.77. The van der Waals surface area contributed by atoms with E-state index < -0.39 is 0 Å². The first-order valence-electron chi connectivity index (χ1n) is 6.55. The molecule has 1 aliphatic rings. The molecule has 2 N–H and O–H groups in total. The van der Waals surface area contributed by atoms with Gasteiger partial charge in [-0.05, 0) is 26.0 Å². The third-order valence-electron chi connectivity index (χ3n) is 3.67. The van der Waals surface area contributed by atoms with Crippen LogP contribution in [0.15, 0.2) is 12.1 Å². The molecule has 1 fully saturated rings. The fourth-order valence-electron chi connectivity index (χ4n) is 2.52. The number of nitrogens with two attached hydrogens (primary N) is 1. The van der Waals surface area contributed by atoms with Crippen LogP contribution >= 0.6 is 22.9 Å². The number of hydrogen-bond acceptors (Lipinski definition) is 4. The van der Waals surface area contributed by atoms with Crippen LogP contribution in [0, 0.1) is 0 Å². The minimum Gasteiger partial charge on any atom is -0.329 e. The molecule has 1 unspecified atom stereocenters. The van der Waals surface area contributed by atoms with Gasteiger partial charge in [0, 0.05) is 43.6 Å². The van der Waals surface area contributed by atoms with Gasteiger partial charge in [0.1, 0.15) is 0 Å². The quantitative estimate of drug-likeness (QED) is 0.923. The van der Waals surface area contributed by atoms with E-state index in [0.717, 1.165) is 30.5 Å². The number of piperazine rings is 1. The predicted molar refractivity (Wildman–Crippen MR) is 79.4 cm³/mol. The topological polar surface area (TPSA) is 32.5 Å². The Labute approximate surface area is 119 Å². The van der Waals surface area contributed by atoms with E-state index in [9.17, 15) is 0 Å². The van der Waals surface area contributed by atoms with Crippen LogP contribution in [0.4, 0.5) is 0 Å². The first kappa shape index (κ1) is 14.3. The Balaban J connectivity index is 1.98. The van der Waals surface area contributed by atoms with Crippen molar-refractivity contribution in [2.24, 2.45) is 5.73 Å². The molecule has 18 heavy (non-hydrogen) atoms. The van der Waals surface area contributed by atoms with E-state index >= 15 is 0 Å². The van der Waals surface area contributed by atoms with Gasteiger partial charge in [-0.3, -0.25) is 9.80 Å². The normalized spacial score (nSPS) is 20.5. The van der Waals surface area contributed by atoms with Gasteiger partial charge in [-0.25, -0.2) is 0 Å². The van der Waals surface area contributed by atoms with Crippen LogP contribution in [-0.2, 0) is 0 Å². The smallest absolute Gasteiger partial charge is 0.0931 e. The maximum Gasteiger partial charge on any atom is 0.0931 e. The molecule has 1 saturated heterocycles. The molecule has 1 aromatic rings. The summed E-state index contributed by atoms with van der Waals surface area (Å²) in [6.45, 7) is 9.63. The summed E-state index contributed by atoms with van der Waals surface area (Å²) in [6.07, 6.45) is 0. The van der Waals surface area contributed by atoms with Crippen molar-refractivity contribution >= 4 is 22.9 Å². The molecule has 1 atom stereocenters. The molecule has 0 bridgehead atoms. The van der Waals surface area contributed by atoms with Crippen LogP contribution in [0.3, 0.4) is 0 Å². The van der Waals surface area contributed by atoms with Gasteiger partial charge < -0.3 is 5.73 Å². The van der Waals surface area contributed by atoms with Crippen LogP contribution in [0.25, 0.3) is 0 Å². The Morgan fingerprint density at radius 1 is 1.22 bits per heavy atom. The Hall–Kier alpha value is -0.130. The zero-order chi connectivity index (χ0) is 13.1. The highest BCUT2D eigenvalue weighted by atomic mass is 35.5. The Morgan fingerprint density at radius 3 is 2.28 bits per heavy atom. The Kier molecular flexibility index (Phi) is 5.04. The van der Waals surface area contributed by atoms with Crippen molar-refractivity contribution in [3.63, 3.8) is 0 Å². The van der Waals surface area contributed by atoms with E-state index in [0.29, 0.717) is 18.6 Å². The first-order valence-corrected chi connectivity index (χ1v) is 7.74. The molecule has 0 radical (unpaired) electrons. The molecule has 2 heterocycles. The van der Waals surface area contributed by atoms with Gasteiger partial charge in [0.25, 0.3) is 0 Å². The Bertz CT molecular complexity index is 372. The van der Waals surface area contributed by atoms with Crippen LogP contribution in [0.1, 0.15) is 24.8 Å². The van der Waals surface area contributed by atoms with Gasteiger partial charge in [-0.1, -0.05) is 11.6 Å². The van der Waals surface area contributed by atoms with Gasteiger partial charge in [0.05, 0.1) is 10.4 Å². The first-order chi connectivity index (χ1) is 8.61. The summed E-state index contributed by atoms with van der Waals surface area (Å²) < 4.78 is 0.851. The second kappa shape index (κ2) is 6.35. The third-order valence-corrected chi connectivity index (χ3v) is 5.00. The van der Waals surface area contributed by atoms with Gasteiger partial charge in [-0.15, -0.1) is 11.3 Å². The van der Waals surface area contributed by atoms with Crippen LogP contribution in [0.5, 0.6) is 0 Å². The van der Waals surface area contributed by atoms with Crippen LogP contribution in [-0.4, -0.2) is 48.6 Å². The summed E-state index contributed by atoms with van der Waals surface area (Å²) in [5.74, 6) is 0. The lowest BCUT2D eigenvalue weighted by Gasteiger charge is -2.40. The molecular weight excluding hydrogens is 266 g/mol. The highest BCUT2D eigenvalue weighted by Crippen LogP contribution is 2.30. The van der Waals surface area contributed by atoms with Crippen molar-refractivity contribution in [3.8, 4) is 0 Å². The van der Waals surface area contributed by atoms with Crippen molar-refractivity contribution in [2.45, 2.75) is 25.9 Å². The van der Waals surface area contributed by atoms with Crippen molar-refractivity contribution in [3.05, 3.63) is 21.3 Å². The zero-order valence-electron chi connectivity index (χ0n) is 11.1. The molecule has 102 valence electrons. The second-order valence-electron chi connectivity index (χ2n) is 5.06. The summed E-state index contributed by atoms with van der Waals surface area (Å²) in [7, 11) is 0.